The molecule has 4 nitrogen and oxygen atoms in total. The monoisotopic (exact) mass is 246 g/mol. The van der Waals surface area contributed by atoms with Crippen molar-refractivity contribution in [2.75, 3.05) is 0 Å². The second-order valence-electron chi connectivity index (χ2n) is 4.35. The predicted octanol–water partition coefficient (Wildman–Crippen LogP) is 2.16. The number of nitrogens with zero attached hydrogens (tertiary/aromatic N) is 3. The van der Waals surface area contributed by atoms with E-state index in [4.69, 9.17) is 0 Å². The summed E-state index contributed by atoms with van der Waals surface area (Å²) in [6.07, 6.45) is 6.26. The summed E-state index contributed by atoms with van der Waals surface area (Å²) in [6, 6.07) is 2.71. The van der Waals surface area contributed by atoms with Gasteiger partial charge < -0.3 is 5.32 Å². The highest BCUT2D eigenvalue weighted by Gasteiger charge is 2.20. The number of hydrogen-bond donors (Lipinski definition) is 1. The Morgan fingerprint density at radius 3 is 3.06 bits per heavy atom. The van der Waals surface area contributed by atoms with Gasteiger partial charge in [-0.05, 0) is 31.4 Å². The van der Waals surface area contributed by atoms with Gasteiger partial charge >= 0.3 is 0 Å². The molecule has 17 heavy (non-hydrogen) atoms. The summed E-state index contributed by atoms with van der Waals surface area (Å²) in [7, 11) is 0. The van der Waals surface area contributed by atoms with Gasteiger partial charge in [0.1, 0.15) is 10.0 Å². The summed E-state index contributed by atoms with van der Waals surface area (Å²) in [5, 5.41) is 14.0. The lowest BCUT2D eigenvalue weighted by Crippen LogP contribution is -2.14. The van der Waals surface area contributed by atoms with Crippen molar-refractivity contribution in [2.45, 2.75) is 32.4 Å². The normalized spacial score (nSPS) is 15.1. The van der Waals surface area contributed by atoms with E-state index in [9.17, 15) is 0 Å². The molecule has 0 aliphatic heterocycles. The highest BCUT2D eigenvalue weighted by molar-refractivity contribution is 7.14. The lowest BCUT2D eigenvalue weighted by Gasteiger charge is -1.98. The van der Waals surface area contributed by atoms with Crippen molar-refractivity contribution in [3.63, 3.8) is 0 Å². The zero-order chi connectivity index (χ0) is 11.7. The Kier molecular flexibility index (Phi) is 2.86. The van der Waals surface area contributed by atoms with Crippen molar-refractivity contribution in [1.82, 2.24) is 20.5 Å². The number of nitrogens with one attached hydrogen (secondary N) is 1. The molecule has 0 radical (unpaired) electrons. The van der Waals surface area contributed by atoms with E-state index < -0.39 is 0 Å². The third-order valence-electron chi connectivity index (χ3n) is 2.84. The molecule has 0 amide bonds. The highest BCUT2D eigenvalue weighted by Crippen LogP contribution is 2.26. The summed E-state index contributed by atoms with van der Waals surface area (Å²) >= 11 is 1.66. The first-order chi connectivity index (χ1) is 8.33. The van der Waals surface area contributed by atoms with Gasteiger partial charge in [-0.3, -0.25) is 4.98 Å². The molecule has 5 heteroatoms. The highest BCUT2D eigenvalue weighted by atomic mass is 32.1. The number of aromatic nitrogens is 3. The Balaban J connectivity index is 1.77. The molecule has 88 valence electrons. The molecule has 0 unspecified atom stereocenters. The minimum atomic E-state index is 0.713. The van der Waals surface area contributed by atoms with Crippen LogP contribution in [0.2, 0.25) is 0 Å². The molecule has 3 rings (SSSR count). The Bertz CT molecular complexity index is 519. The fraction of sp³-hybridized carbons (Fsp3) is 0.417. The minimum absolute atomic E-state index is 0.713. The van der Waals surface area contributed by atoms with E-state index in [1.165, 1.54) is 12.8 Å². The summed E-state index contributed by atoms with van der Waals surface area (Å²) in [4.78, 5) is 4.09. The van der Waals surface area contributed by atoms with E-state index in [0.29, 0.717) is 6.04 Å². The number of rotatable bonds is 4. The van der Waals surface area contributed by atoms with Crippen LogP contribution in [0, 0.1) is 6.92 Å². The first-order valence-electron chi connectivity index (χ1n) is 5.79. The third kappa shape index (κ3) is 2.50. The first kappa shape index (κ1) is 10.8. The molecule has 1 aliphatic rings. The van der Waals surface area contributed by atoms with Crippen LogP contribution in [0.25, 0.3) is 10.6 Å². The van der Waals surface area contributed by atoms with Crippen LogP contribution in [-0.2, 0) is 6.54 Å². The van der Waals surface area contributed by atoms with Gasteiger partial charge in [0.25, 0.3) is 0 Å². The fourth-order valence-electron chi connectivity index (χ4n) is 1.67. The molecule has 0 bridgehead atoms. The molecule has 0 aromatic carbocycles. The fourth-order valence-corrected chi connectivity index (χ4v) is 2.55. The van der Waals surface area contributed by atoms with Gasteiger partial charge in [-0.15, -0.1) is 10.2 Å². The van der Waals surface area contributed by atoms with Crippen molar-refractivity contribution in [1.29, 1.82) is 0 Å². The first-order valence-corrected chi connectivity index (χ1v) is 6.61. The molecule has 1 aliphatic carbocycles. The van der Waals surface area contributed by atoms with Crippen LogP contribution >= 0.6 is 11.3 Å². The summed E-state index contributed by atoms with van der Waals surface area (Å²) in [5.41, 5.74) is 2.28. The molecule has 0 spiro atoms. The van der Waals surface area contributed by atoms with E-state index in [0.717, 1.165) is 27.7 Å². The van der Waals surface area contributed by atoms with Crippen LogP contribution in [0.5, 0.6) is 0 Å². The van der Waals surface area contributed by atoms with Crippen molar-refractivity contribution in [3.8, 4) is 10.6 Å². The Labute approximate surface area is 104 Å². The van der Waals surface area contributed by atoms with Crippen LogP contribution in [0.4, 0.5) is 0 Å². The van der Waals surface area contributed by atoms with E-state index in [2.05, 4.69) is 20.5 Å². The molecule has 2 heterocycles. The largest absolute Gasteiger partial charge is 0.308 e. The Hall–Kier alpha value is -1.33. The second-order valence-corrected chi connectivity index (χ2v) is 5.41. The lowest BCUT2D eigenvalue weighted by molar-refractivity contribution is 0.679. The average molecular weight is 246 g/mol. The quantitative estimate of drug-likeness (QED) is 0.898. The van der Waals surface area contributed by atoms with E-state index in [1.54, 1.807) is 17.5 Å². The Morgan fingerprint density at radius 2 is 2.29 bits per heavy atom. The smallest absolute Gasteiger partial charge is 0.148 e. The van der Waals surface area contributed by atoms with Gasteiger partial charge in [-0.2, -0.15) is 0 Å². The van der Waals surface area contributed by atoms with Crippen LogP contribution in [-0.4, -0.2) is 21.2 Å². The van der Waals surface area contributed by atoms with Crippen LogP contribution < -0.4 is 5.32 Å². The van der Waals surface area contributed by atoms with Gasteiger partial charge in [0.2, 0.25) is 0 Å². The maximum absolute atomic E-state index is 4.25. The van der Waals surface area contributed by atoms with E-state index >= 15 is 0 Å². The topological polar surface area (TPSA) is 50.7 Å². The summed E-state index contributed by atoms with van der Waals surface area (Å²) < 4.78 is 0. The number of aryl methyl sites for hydroxylation is 1. The van der Waals surface area contributed by atoms with Crippen molar-refractivity contribution in [2.24, 2.45) is 0 Å². The number of pyridine rings is 1. The van der Waals surface area contributed by atoms with Crippen molar-refractivity contribution < 1.29 is 0 Å². The molecular weight excluding hydrogens is 232 g/mol. The van der Waals surface area contributed by atoms with Crippen LogP contribution in [0.3, 0.4) is 0 Å². The average Bonchev–Trinajstić information content (AvgIpc) is 3.06. The standard InChI is InChI=1S/C12H14N4S/c1-8-6-13-5-4-10(8)12-16-15-11(17-12)7-14-9-2-3-9/h4-6,9,14H,2-3,7H2,1H3. The lowest BCUT2D eigenvalue weighted by atomic mass is 10.2. The molecule has 2 aromatic heterocycles. The molecule has 0 atom stereocenters. The third-order valence-corrected chi connectivity index (χ3v) is 3.79. The Morgan fingerprint density at radius 1 is 1.41 bits per heavy atom. The molecule has 0 saturated heterocycles. The zero-order valence-electron chi connectivity index (χ0n) is 9.68. The number of hydrogen-bond acceptors (Lipinski definition) is 5. The molecular formula is C12H14N4S. The predicted molar refractivity (Wildman–Crippen MR) is 67.7 cm³/mol. The molecule has 1 saturated carbocycles. The van der Waals surface area contributed by atoms with Crippen molar-refractivity contribution in [3.05, 3.63) is 29.0 Å². The van der Waals surface area contributed by atoms with Gasteiger partial charge in [-0.25, -0.2) is 0 Å². The maximum Gasteiger partial charge on any atom is 0.148 e. The van der Waals surface area contributed by atoms with Gasteiger partial charge in [0.15, 0.2) is 0 Å². The second kappa shape index (κ2) is 4.50. The zero-order valence-corrected chi connectivity index (χ0v) is 10.5. The van der Waals surface area contributed by atoms with Gasteiger partial charge in [0.05, 0.1) is 0 Å². The van der Waals surface area contributed by atoms with Gasteiger partial charge in [0, 0.05) is 30.5 Å². The van der Waals surface area contributed by atoms with Crippen LogP contribution in [0.15, 0.2) is 18.5 Å². The maximum atomic E-state index is 4.25. The van der Waals surface area contributed by atoms with Gasteiger partial charge in [-0.1, -0.05) is 11.3 Å². The molecule has 1 N–H and O–H groups in total. The minimum Gasteiger partial charge on any atom is -0.308 e. The summed E-state index contributed by atoms with van der Waals surface area (Å²) in [6.45, 7) is 2.89. The summed E-state index contributed by atoms with van der Waals surface area (Å²) in [5.74, 6) is 0. The SMILES string of the molecule is Cc1cnccc1-c1nnc(CNC2CC2)s1. The van der Waals surface area contributed by atoms with E-state index in [-0.39, 0.29) is 0 Å². The molecule has 2 aromatic rings. The van der Waals surface area contributed by atoms with Crippen LogP contribution in [0.1, 0.15) is 23.4 Å². The molecule has 1 fully saturated rings. The van der Waals surface area contributed by atoms with E-state index in [1.807, 2.05) is 19.2 Å². The van der Waals surface area contributed by atoms with Crippen molar-refractivity contribution >= 4 is 11.3 Å².